The highest BCUT2D eigenvalue weighted by molar-refractivity contribution is 6.32. The number of nitro benzene ring substituents is 1. The average molecular weight is 307 g/mol. The van der Waals surface area contributed by atoms with E-state index in [0.717, 1.165) is 5.56 Å². The molecule has 0 aliphatic heterocycles. The van der Waals surface area contributed by atoms with Crippen LogP contribution in [0.1, 0.15) is 11.1 Å². The normalized spacial score (nSPS) is 10.4. The van der Waals surface area contributed by atoms with Gasteiger partial charge in [-0.1, -0.05) is 29.8 Å². The van der Waals surface area contributed by atoms with Gasteiger partial charge in [0.2, 0.25) is 0 Å². The number of ether oxygens (including phenoxy) is 1. The molecule has 1 N–H and O–H groups in total. The van der Waals surface area contributed by atoms with Gasteiger partial charge >= 0.3 is 0 Å². The lowest BCUT2D eigenvalue weighted by atomic mass is 10.1. The van der Waals surface area contributed by atoms with Crippen molar-refractivity contribution in [2.45, 2.75) is 13.5 Å². The third kappa shape index (κ3) is 3.32. The summed E-state index contributed by atoms with van der Waals surface area (Å²) in [4.78, 5) is 10.5. The van der Waals surface area contributed by atoms with Crippen molar-refractivity contribution < 1.29 is 9.66 Å². The van der Waals surface area contributed by atoms with Crippen LogP contribution in [0.25, 0.3) is 0 Å². The Balaban J connectivity index is 2.43. The molecule has 110 valence electrons. The summed E-state index contributed by atoms with van der Waals surface area (Å²) in [5.74, 6) is 0.937. The molecule has 0 bridgehead atoms. The maximum atomic E-state index is 11.0. The van der Waals surface area contributed by atoms with E-state index in [2.05, 4.69) is 5.32 Å². The molecule has 0 unspecified atom stereocenters. The Morgan fingerprint density at radius 1 is 1.29 bits per heavy atom. The fourth-order valence-electron chi connectivity index (χ4n) is 2.02. The van der Waals surface area contributed by atoms with Gasteiger partial charge in [-0.15, -0.1) is 0 Å². The molecule has 0 aliphatic carbocycles. The number of hydrogen-bond donors (Lipinski definition) is 1. The van der Waals surface area contributed by atoms with E-state index in [1.54, 1.807) is 25.1 Å². The van der Waals surface area contributed by atoms with Crippen LogP contribution in [-0.2, 0) is 6.54 Å². The molecular weight excluding hydrogens is 292 g/mol. The van der Waals surface area contributed by atoms with Crippen LogP contribution < -0.4 is 10.1 Å². The largest absolute Gasteiger partial charge is 0.455 e. The van der Waals surface area contributed by atoms with Crippen LogP contribution in [0.15, 0.2) is 36.4 Å². The summed E-state index contributed by atoms with van der Waals surface area (Å²) in [5.41, 5.74) is 1.38. The summed E-state index contributed by atoms with van der Waals surface area (Å²) in [6, 6.07) is 10.2. The Morgan fingerprint density at radius 3 is 2.67 bits per heavy atom. The summed E-state index contributed by atoms with van der Waals surface area (Å²) in [5, 5.41) is 14.5. The van der Waals surface area contributed by atoms with Gasteiger partial charge in [-0.25, -0.2) is 0 Å². The van der Waals surface area contributed by atoms with Crippen molar-refractivity contribution in [3.05, 3.63) is 62.7 Å². The predicted molar refractivity (Wildman–Crippen MR) is 82.1 cm³/mol. The molecule has 0 aliphatic rings. The fraction of sp³-hybridized carbons (Fsp3) is 0.200. The third-order valence-corrected chi connectivity index (χ3v) is 3.38. The SMILES string of the molecule is CNCc1cccc(Cl)c1Oc1cccc([N+](=O)[O-])c1C. The van der Waals surface area contributed by atoms with Crippen molar-refractivity contribution in [1.29, 1.82) is 0 Å². The zero-order valence-corrected chi connectivity index (χ0v) is 12.5. The molecule has 6 heteroatoms. The van der Waals surface area contributed by atoms with E-state index in [-0.39, 0.29) is 5.69 Å². The minimum atomic E-state index is -0.427. The summed E-state index contributed by atoms with van der Waals surface area (Å²) in [7, 11) is 1.82. The molecule has 0 amide bonds. The minimum Gasteiger partial charge on any atom is -0.455 e. The smallest absolute Gasteiger partial charge is 0.276 e. The molecule has 0 spiro atoms. The molecule has 0 heterocycles. The quantitative estimate of drug-likeness (QED) is 0.668. The van der Waals surface area contributed by atoms with Crippen molar-refractivity contribution in [3.8, 4) is 11.5 Å². The monoisotopic (exact) mass is 306 g/mol. The zero-order chi connectivity index (χ0) is 15.4. The van der Waals surface area contributed by atoms with Crippen molar-refractivity contribution in [2.24, 2.45) is 0 Å². The van der Waals surface area contributed by atoms with Crippen molar-refractivity contribution >= 4 is 17.3 Å². The second-order valence-corrected chi connectivity index (χ2v) is 4.93. The Bertz CT molecular complexity index is 674. The molecule has 5 nitrogen and oxygen atoms in total. The summed E-state index contributed by atoms with van der Waals surface area (Å²) in [6.07, 6.45) is 0. The molecule has 2 aromatic rings. The van der Waals surface area contributed by atoms with Crippen molar-refractivity contribution in [1.82, 2.24) is 5.32 Å². The Labute approximate surface area is 127 Å². The summed E-state index contributed by atoms with van der Waals surface area (Å²) in [6.45, 7) is 2.24. The van der Waals surface area contributed by atoms with Crippen LogP contribution >= 0.6 is 11.6 Å². The molecular formula is C15H15ClN2O3. The Hall–Kier alpha value is -2.11. The predicted octanol–water partition coefficient (Wildman–Crippen LogP) is 4.07. The van der Waals surface area contributed by atoms with E-state index in [1.165, 1.54) is 6.07 Å². The number of benzene rings is 2. The van der Waals surface area contributed by atoms with Crippen LogP contribution in [0.3, 0.4) is 0 Å². The standard InChI is InChI=1S/C15H15ClN2O3/c1-10-13(18(19)20)7-4-8-14(10)21-15-11(9-17-2)5-3-6-12(15)16/h3-8,17H,9H2,1-2H3. The van der Waals surface area contributed by atoms with Crippen LogP contribution in [0.2, 0.25) is 5.02 Å². The highest BCUT2D eigenvalue weighted by Gasteiger charge is 2.17. The molecule has 0 saturated carbocycles. The zero-order valence-electron chi connectivity index (χ0n) is 11.7. The topological polar surface area (TPSA) is 64.4 Å². The lowest BCUT2D eigenvalue weighted by Gasteiger charge is -2.14. The number of halogens is 1. The number of para-hydroxylation sites is 1. The Kier molecular flexibility index (Phi) is 4.77. The number of nitro groups is 1. The first-order chi connectivity index (χ1) is 10.0. The second kappa shape index (κ2) is 6.56. The second-order valence-electron chi connectivity index (χ2n) is 4.52. The van der Waals surface area contributed by atoms with Crippen LogP contribution in [0.5, 0.6) is 11.5 Å². The van der Waals surface area contributed by atoms with Gasteiger partial charge in [0.25, 0.3) is 5.69 Å². The van der Waals surface area contributed by atoms with Gasteiger partial charge in [0.15, 0.2) is 5.75 Å². The molecule has 0 saturated heterocycles. The van der Waals surface area contributed by atoms with Gasteiger partial charge in [-0.05, 0) is 26.1 Å². The number of nitrogens with zero attached hydrogens (tertiary/aromatic N) is 1. The number of nitrogens with one attached hydrogen (secondary N) is 1. The van der Waals surface area contributed by atoms with Crippen molar-refractivity contribution in [3.63, 3.8) is 0 Å². The fourth-order valence-corrected chi connectivity index (χ4v) is 2.25. The Morgan fingerprint density at radius 2 is 2.00 bits per heavy atom. The van der Waals surface area contributed by atoms with Crippen LogP contribution in [-0.4, -0.2) is 12.0 Å². The minimum absolute atomic E-state index is 0.0229. The molecule has 0 fully saturated rings. The van der Waals surface area contributed by atoms with E-state index in [0.29, 0.717) is 28.6 Å². The highest BCUT2D eigenvalue weighted by atomic mass is 35.5. The molecule has 0 aromatic heterocycles. The van der Waals surface area contributed by atoms with Gasteiger partial charge in [0.05, 0.1) is 15.5 Å². The van der Waals surface area contributed by atoms with E-state index < -0.39 is 4.92 Å². The van der Waals surface area contributed by atoms with Gasteiger partial charge in [0, 0.05) is 18.2 Å². The molecule has 0 atom stereocenters. The maximum absolute atomic E-state index is 11.0. The summed E-state index contributed by atoms with van der Waals surface area (Å²) >= 11 is 6.18. The highest BCUT2D eigenvalue weighted by Crippen LogP contribution is 2.36. The van der Waals surface area contributed by atoms with E-state index in [4.69, 9.17) is 16.3 Å². The lowest BCUT2D eigenvalue weighted by molar-refractivity contribution is -0.385. The van der Waals surface area contributed by atoms with Crippen LogP contribution in [0, 0.1) is 17.0 Å². The maximum Gasteiger partial charge on any atom is 0.276 e. The van der Waals surface area contributed by atoms with Crippen LogP contribution in [0.4, 0.5) is 5.69 Å². The first kappa shape index (κ1) is 15.3. The first-order valence-corrected chi connectivity index (χ1v) is 6.76. The van der Waals surface area contributed by atoms with Gasteiger partial charge in [0.1, 0.15) is 5.75 Å². The molecule has 0 radical (unpaired) electrons. The van der Waals surface area contributed by atoms with Gasteiger partial charge < -0.3 is 10.1 Å². The van der Waals surface area contributed by atoms with Gasteiger partial charge in [-0.3, -0.25) is 10.1 Å². The molecule has 21 heavy (non-hydrogen) atoms. The number of hydrogen-bond acceptors (Lipinski definition) is 4. The van der Waals surface area contributed by atoms with E-state index >= 15 is 0 Å². The molecule has 2 aromatic carbocycles. The van der Waals surface area contributed by atoms with Crippen molar-refractivity contribution in [2.75, 3.05) is 7.05 Å². The first-order valence-electron chi connectivity index (χ1n) is 6.38. The average Bonchev–Trinajstić information content (AvgIpc) is 2.44. The lowest BCUT2D eigenvalue weighted by Crippen LogP contribution is -2.06. The third-order valence-electron chi connectivity index (χ3n) is 3.08. The summed E-state index contributed by atoms with van der Waals surface area (Å²) < 4.78 is 5.84. The van der Waals surface area contributed by atoms with E-state index in [1.807, 2.05) is 19.2 Å². The van der Waals surface area contributed by atoms with E-state index in [9.17, 15) is 10.1 Å². The van der Waals surface area contributed by atoms with Gasteiger partial charge in [-0.2, -0.15) is 0 Å². The number of rotatable bonds is 5. The molecule has 2 rings (SSSR count).